The van der Waals surface area contributed by atoms with Crippen LogP contribution < -0.4 is 10.1 Å². The first-order valence-corrected chi connectivity index (χ1v) is 7.66. The van der Waals surface area contributed by atoms with Crippen LogP contribution in [0.2, 0.25) is 0 Å². The molecule has 0 aromatic heterocycles. The fourth-order valence-electron chi connectivity index (χ4n) is 2.19. The highest BCUT2D eigenvalue weighted by Gasteiger charge is 2.00. The summed E-state index contributed by atoms with van der Waals surface area (Å²) in [5.74, 6) is 1.48. The van der Waals surface area contributed by atoms with Crippen LogP contribution in [0.1, 0.15) is 25.0 Å². The molecule has 21 heavy (non-hydrogen) atoms. The molecule has 112 valence electrons. The summed E-state index contributed by atoms with van der Waals surface area (Å²) in [4.78, 5) is 0. The molecule has 0 fully saturated rings. The molecular formula is C19H25NO. The Bertz CT molecular complexity index is 563. The minimum absolute atomic E-state index is 0.544. The van der Waals surface area contributed by atoms with E-state index in [2.05, 4.69) is 62.5 Å². The molecular weight excluding hydrogens is 258 g/mol. The van der Waals surface area contributed by atoms with Crippen LogP contribution in [0.4, 0.5) is 5.69 Å². The Hall–Kier alpha value is -1.96. The predicted molar refractivity (Wildman–Crippen MR) is 90.1 cm³/mol. The second-order valence-electron chi connectivity index (χ2n) is 5.84. The van der Waals surface area contributed by atoms with Crippen molar-refractivity contribution in [3.63, 3.8) is 0 Å². The number of benzene rings is 2. The molecule has 0 aliphatic rings. The third-order valence-electron chi connectivity index (χ3n) is 3.40. The number of hydrogen-bond donors (Lipinski definition) is 1. The van der Waals surface area contributed by atoms with E-state index < -0.39 is 0 Å². The fraction of sp³-hybridized carbons (Fsp3) is 0.368. The van der Waals surface area contributed by atoms with Gasteiger partial charge in [-0.1, -0.05) is 44.2 Å². The van der Waals surface area contributed by atoms with Crippen molar-refractivity contribution >= 4 is 5.69 Å². The third-order valence-corrected chi connectivity index (χ3v) is 3.40. The fourth-order valence-corrected chi connectivity index (χ4v) is 2.19. The minimum Gasteiger partial charge on any atom is -0.493 e. The van der Waals surface area contributed by atoms with Crippen molar-refractivity contribution in [3.8, 4) is 5.75 Å². The zero-order valence-electron chi connectivity index (χ0n) is 13.2. The number of nitrogens with one attached hydrogen (secondary N) is 1. The van der Waals surface area contributed by atoms with E-state index in [-0.39, 0.29) is 0 Å². The van der Waals surface area contributed by atoms with E-state index in [1.54, 1.807) is 0 Å². The maximum Gasteiger partial charge on any atom is 0.121 e. The summed E-state index contributed by atoms with van der Waals surface area (Å²) in [6.07, 6.45) is 1.03. The standard InChI is InChI=1S/C19H25NO/c1-15(2)14-21-19-10-6-9-18(13-19)20-12-11-17-8-5-4-7-16(17)3/h4-10,13,15,20H,11-12,14H2,1-3H3. The molecule has 2 aromatic carbocycles. The van der Waals surface area contributed by atoms with Gasteiger partial charge in [0.2, 0.25) is 0 Å². The van der Waals surface area contributed by atoms with Gasteiger partial charge in [0, 0.05) is 18.3 Å². The highest BCUT2D eigenvalue weighted by molar-refractivity contribution is 5.48. The van der Waals surface area contributed by atoms with Crippen molar-refractivity contribution in [3.05, 3.63) is 59.7 Å². The molecule has 2 nitrogen and oxygen atoms in total. The maximum atomic E-state index is 5.75. The Morgan fingerprint density at radius 1 is 1.05 bits per heavy atom. The lowest BCUT2D eigenvalue weighted by Crippen LogP contribution is -2.07. The SMILES string of the molecule is Cc1ccccc1CCNc1cccc(OCC(C)C)c1. The molecule has 0 amide bonds. The zero-order chi connectivity index (χ0) is 15.1. The van der Waals surface area contributed by atoms with E-state index in [9.17, 15) is 0 Å². The Morgan fingerprint density at radius 2 is 1.86 bits per heavy atom. The molecule has 2 rings (SSSR count). The summed E-state index contributed by atoms with van der Waals surface area (Å²) >= 11 is 0. The summed E-state index contributed by atoms with van der Waals surface area (Å²) in [7, 11) is 0. The smallest absolute Gasteiger partial charge is 0.121 e. The summed E-state index contributed by atoms with van der Waals surface area (Å²) < 4.78 is 5.75. The van der Waals surface area contributed by atoms with Crippen molar-refractivity contribution in [1.29, 1.82) is 0 Å². The van der Waals surface area contributed by atoms with Crippen LogP contribution in [-0.4, -0.2) is 13.2 Å². The molecule has 0 heterocycles. The Labute approximate surface area is 128 Å². The molecule has 0 unspecified atom stereocenters. The van der Waals surface area contributed by atoms with E-state index in [4.69, 9.17) is 4.74 Å². The van der Waals surface area contributed by atoms with E-state index in [0.29, 0.717) is 5.92 Å². The molecule has 0 bridgehead atoms. The van der Waals surface area contributed by atoms with Gasteiger partial charge in [-0.15, -0.1) is 0 Å². The average molecular weight is 283 g/mol. The van der Waals surface area contributed by atoms with Crippen molar-refractivity contribution in [2.75, 3.05) is 18.5 Å². The summed E-state index contributed by atoms with van der Waals surface area (Å²) in [6.45, 7) is 8.16. The number of rotatable bonds is 7. The van der Waals surface area contributed by atoms with Gasteiger partial charge in [0.05, 0.1) is 6.61 Å². The van der Waals surface area contributed by atoms with E-state index >= 15 is 0 Å². The Balaban J connectivity index is 1.86. The van der Waals surface area contributed by atoms with Crippen LogP contribution in [0.15, 0.2) is 48.5 Å². The molecule has 0 saturated heterocycles. The summed E-state index contributed by atoms with van der Waals surface area (Å²) in [6, 6.07) is 16.7. The van der Waals surface area contributed by atoms with Crippen LogP contribution in [0.25, 0.3) is 0 Å². The molecule has 0 aliphatic heterocycles. The monoisotopic (exact) mass is 283 g/mol. The predicted octanol–water partition coefficient (Wildman–Crippen LogP) is 4.68. The van der Waals surface area contributed by atoms with Gasteiger partial charge in [-0.25, -0.2) is 0 Å². The molecule has 0 spiro atoms. The molecule has 0 aliphatic carbocycles. The second-order valence-corrected chi connectivity index (χ2v) is 5.84. The lowest BCUT2D eigenvalue weighted by Gasteiger charge is -2.12. The third kappa shape index (κ3) is 5.14. The van der Waals surface area contributed by atoms with Crippen LogP contribution >= 0.6 is 0 Å². The number of ether oxygens (including phenoxy) is 1. The summed E-state index contributed by atoms with van der Waals surface area (Å²) in [5, 5.41) is 3.47. The lowest BCUT2D eigenvalue weighted by atomic mass is 10.1. The molecule has 2 heteroatoms. The van der Waals surface area contributed by atoms with Gasteiger partial charge in [-0.2, -0.15) is 0 Å². The van der Waals surface area contributed by atoms with Gasteiger partial charge < -0.3 is 10.1 Å². The van der Waals surface area contributed by atoms with Crippen LogP contribution in [0.5, 0.6) is 5.75 Å². The molecule has 0 atom stereocenters. The molecule has 0 radical (unpaired) electrons. The first-order chi connectivity index (χ1) is 10.1. The topological polar surface area (TPSA) is 21.3 Å². The number of anilines is 1. The van der Waals surface area contributed by atoms with Crippen LogP contribution in [0, 0.1) is 12.8 Å². The lowest BCUT2D eigenvalue weighted by molar-refractivity contribution is 0.271. The average Bonchev–Trinajstić information content (AvgIpc) is 2.48. The normalized spacial score (nSPS) is 10.7. The van der Waals surface area contributed by atoms with Crippen molar-refractivity contribution in [2.24, 2.45) is 5.92 Å². The second kappa shape index (κ2) is 7.72. The van der Waals surface area contributed by atoms with E-state index in [1.165, 1.54) is 11.1 Å². The largest absolute Gasteiger partial charge is 0.493 e. The highest BCUT2D eigenvalue weighted by atomic mass is 16.5. The van der Waals surface area contributed by atoms with E-state index in [1.807, 2.05) is 12.1 Å². The number of hydrogen-bond acceptors (Lipinski definition) is 2. The van der Waals surface area contributed by atoms with Crippen LogP contribution in [-0.2, 0) is 6.42 Å². The highest BCUT2D eigenvalue weighted by Crippen LogP contribution is 2.18. The molecule has 0 saturated carbocycles. The van der Waals surface area contributed by atoms with Gasteiger partial charge >= 0.3 is 0 Å². The van der Waals surface area contributed by atoms with E-state index in [0.717, 1.165) is 31.0 Å². The molecule has 2 aromatic rings. The first-order valence-electron chi connectivity index (χ1n) is 7.66. The molecule has 1 N–H and O–H groups in total. The summed E-state index contributed by atoms with van der Waals surface area (Å²) in [5.41, 5.74) is 3.87. The minimum atomic E-state index is 0.544. The van der Waals surface area contributed by atoms with Crippen molar-refractivity contribution in [2.45, 2.75) is 27.2 Å². The Morgan fingerprint density at radius 3 is 2.62 bits per heavy atom. The Kier molecular flexibility index (Phi) is 5.68. The quantitative estimate of drug-likeness (QED) is 0.796. The van der Waals surface area contributed by atoms with Crippen molar-refractivity contribution < 1.29 is 4.74 Å². The van der Waals surface area contributed by atoms with Crippen molar-refractivity contribution in [1.82, 2.24) is 0 Å². The van der Waals surface area contributed by atoms with Gasteiger partial charge in [-0.05, 0) is 42.5 Å². The number of aryl methyl sites for hydroxylation is 1. The van der Waals surface area contributed by atoms with Gasteiger partial charge in [0.25, 0.3) is 0 Å². The van der Waals surface area contributed by atoms with Gasteiger partial charge in [0.15, 0.2) is 0 Å². The first kappa shape index (κ1) is 15.4. The maximum absolute atomic E-state index is 5.75. The van der Waals surface area contributed by atoms with Gasteiger partial charge in [-0.3, -0.25) is 0 Å². The zero-order valence-corrected chi connectivity index (χ0v) is 13.2. The van der Waals surface area contributed by atoms with Gasteiger partial charge in [0.1, 0.15) is 5.75 Å². The van der Waals surface area contributed by atoms with Crippen LogP contribution in [0.3, 0.4) is 0 Å².